The van der Waals surface area contributed by atoms with Gasteiger partial charge < -0.3 is 15.8 Å². The number of nitrogens with one attached hydrogen (secondary N) is 1. The van der Waals surface area contributed by atoms with E-state index in [-0.39, 0.29) is 18.3 Å². The summed E-state index contributed by atoms with van der Waals surface area (Å²) < 4.78 is 6.59. The summed E-state index contributed by atoms with van der Waals surface area (Å²) >= 11 is 3.43. The first-order valence-electron chi connectivity index (χ1n) is 7.57. The maximum atomic E-state index is 11.9. The fourth-order valence-corrected chi connectivity index (χ4v) is 2.94. The molecule has 1 aliphatic rings. The predicted octanol–water partition coefficient (Wildman–Crippen LogP) is 3.42. The van der Waals surface area contributed by atoms with Crippen molar-refractivity contribution in [2.75, 3.05) is 6.61 Å². The number of nitrogens with two attached hydrogens (primary N) is 1. The molecule has 2 rings (SSSR count). The van der Waals surface area contributed by atoms with Gasteiger partial charge in [0.25, 0.3) is 0 Å². The van der Waals surface area contributed by atoms with Crippen molar-refractivity contribution in [3.8, 4) is 5.75 Å². The summed E-state index contributed by atoms with van der Waals surface area (Å²) in [4.78, 5) is 11.9. The fraction of sp³-hybridized carbons (Fsp3) is 0.562. The van der Waals surface area contributed by atoms with Crippen LogP contribution in [-0.4, -0.2) is 24.6 Å². The highest BCUT2D eigenvalue weighted by Gasteiger charge is 2.19. The first-order chi connectivity index (χ1) is 10.1. The monoisotopic (exact) mass is 390 g/mol. The number of rotatable bonds is 6. The molecule has 0 bridgehead atoms. The third-order valence-corrected chi connectivity index (χ3v) is 4.43. The summed E-state index contributed by atoms with van der Waals surface area (Å²) in [5, 5.41) is 3.09. The Morgan fingerprint density at radius 3 is 2.64 bits per heavy atom. The molecular formula is C16H24BrClN2O2. The van der Waals surface area contributed by atoms with Crippen LogP contribution >= 0.6 is 28.3 Å². The number of hydrogen-bond acceptors (Lipinski definition) is 3. The van der Waals surface area contributed by atoms with Crippen LogP contribution in [0, 0.1) is 0 Å². The van der Waals surface area contributed by atoms with Crippen molar-refractivity contribution in [1.82, 2.24) is 5.32 Å². The lowest BCUT2D eigenvalue weighted by molar-refractivity contribution is -0.122. The highest BCUT2D eigenvalue weighted by molar-refractivity contribution is 9.10. The Balaban J connectivity index is 0.00000242. The number of ether oxygens (including phenoxy) is 1. The van der Waals surface area contributed by atoms with Crippen molar-refractivity contribution in [3.63, 3.8) is 0 Å². The zero-order valence-electron chi connectivity index (χ0n) is 12.6. The molecule has 0 aliphatic heterocycles. The third-order valence-electron chi connectivity index (χ3n) is 3.78. The van der Waals surface area contributed by atoms with Gasteiger partial charge in [-0.3, -0.25) is 4.79 Å². The van der Waals surface area contributed by atoms with E-state index >= 15 is 0 Å². The first kappa shape index (κ1) is 19.3. The van der Waals surface area contributed by atoms with Crippen molar-refractivity contribution in [2.24, 2.45) is 5.73 Å². The first-order valence-corrected chi connectivity index (χ1v) is 8.36. The van der Waals surface area contributed by atoms with Crippen LogP contribution < -0.4 is 15.8 Å². The van der Waals surface area contributed by atoms with Crippen LogP contribution in [0.2, 0.25) is 0 Å². The molecule has 1 aromatic carbocycles. The van der Waals surface area contributed by atoms with Gasteiger partial charge in [0, 0.05) is 18.5 Å². The minimum atomic E-state index is 0. The van der Waals surface area contributed by atoms with E-state index in [0.717, 1.165) is 42.3 Å². The molecule has 1 aliphatic carbocycles. The molecular weight excluding hydrogens is 368 g/mol. The molecule has 0 aromatic heterocycles. The Bertz CT molecular complexity index is 465. The van der Waals surface area contributed by atoms with E-state index in [1.807, 2.05) is 24.3 Å². The molecule has 3 N–H and O–H groups in total. The van der Waals surface area contributed by atoms with E-state index in [0.29, 0.717) is 25.1 Å². The number of benzene rings is 1. The molecule has 1 fully saturated rings. The van der Waals surface area contributed by atoms with Gasteiger partial charge in [-0.1, -0.05) is 12.1 Å². The van der Waals surface area contributed by atoms with Crippen molar-refractivity contribution in [2.45, 2.75) is 50.6 Å². The van der Waals surface area contributed by atoms with Crippen LogP contribution in [0.5, 0.6) is 5.75 Å². The van der Waals surface area contributed by atoms with Crippen LogP contribution in [0.25, 0.3) is 0 Å². The lowest BCUT2D eigenvalue weighted by atomic mass is 9.92. The van der Waals surface area contributed by atoms with Gasteiger partial charge >= 0.3 is 0 Å². The summed E-state index contributed by atoms with van der Waals surface area (Å²) in [6.45, 7) is 0.547. The average Bonchev–Trinajstić information content (AvgIpc) is 2.48. The van der Waals surface area contributed by atoms with Gasteiger partial charge in [0.05, 0.1) is 11.1 Å². The molecule has 4 nitrogen and oxygen atoms in total. The Kier molecular flexibility index (Phi) is 8.83. The summed E-state index contributed by atoms with van der Waals surface area (Å²) in [5.74, 6) is 0.936. The molecule has 0 atom stereocenters. The molecule has 1 amide bonds. The molecule has 0 spiro atoms. The van der Waals surface area contributed by atoms with E-state index in [4.69, 9.17) is 10.5 Å². The van der Waals surface area contributed by atoms with Gasteiger partial charge in [-0.15, -0.1) is 12.4 Å². The molecule has 22 heavy (non-hydrogen) atoms. The molecule has 1 saturated carbocycles. The second-order valence-electron chi connectivity index (χ2n) is 5.56. The standard InChI is InChI=1S/C16H23BrN2O2.ClH/c17-14-4-1-2-5-15(14)21-11-3-6-16(20)19-13-9-7-12(18)8-10-13;/h1-2,4-5,12-13H,3,6-11,18H2,(H,19,20);1H. The molecule has 0 unspecified atom stereocenters. The second-order valence-corrected chi connectivity index (χ2v) is 6.42. The smallest absolute Gasteiger partial charge is 0.220 e. The zero-order chi connectivity index (χ0) is 15.1. The van der Waals surface area contributed by atoms with Crippen LogP contribution in [-0.2, 0) is 4.79 Å². The minimum absolute atomic E-state index is 0. The van der Waals surface area contributed by atoms with E-state index in [2.05, 4.69) is 21.2 Å². The highest BCUT2D eigenvalue weighted by Crippen LogP contribution is 2.23. The topological polar surface area (TPSA) is 64.3 Å². The van der Waals surface area contributed by atoms with Gasteiger partial charge in [0.15, 0.2) is 0 Å². The SMILES string of the molecule is Cl.NC1CCC(NC(=O)CCCOc2ccccc2Br)CC1. The molecule has 1 aromatic rings. The van der Waals surface area contributed by atoms with E-state index in [1.165, 1.54) is 0 Å². The van der Waals surface area contributed by atoms with Gasteiger partial charge in [-0.2, -0.15) is 0 Å². The van der Waals surface area contributed by atoms with E-state index in [9.17, 15) is 4.79 Å². The summed E-state index contributed by atoms with van der Waals surface area (Å²) in [6, 6.07) is 8.35. The fourth-order valence-electron chi connectivity index (χ4n) is 2.54. The quantitative estimate of drug-likeness (QED) is 0.730. The predicted molar refractivity (Wildman–Crippen MR) is 94.5 cm³/mol. The molecule has 0 saturated heterocycles. The van der Waals surface area contributed by atoms with Gasteiger partial charge in [0.1, 0.15) is 5.75 Å². The number of carbonyl (C=O) groups excluding carboxylic acids is 1. The zero-order valence-corrected chi connectivity index (χ0v) is 15.0. The maximum Gasteiger partial charge on any atom is 0.220 e. The van der Waals surface area contributed by atoms with Gasteiger partial charge in [-0.05, 0) is 60.2 Å². The largest absolute Gasteiger partial charge is 0.492 e. The summed E-state index contributed by atoms with van der Waals surface area (Å²) in [5.41, 5.74) is 5.86. The molecule has 124 valence electrons. The number of hydrogen-bond donors (Lipinski definition) is 2. The van der Waals surface area contributed by atoms with Crippen LogP contribution in [0.3, 0.4) is 0 Å². The number of carbonyl (C=O) groups is 1. The van der Waals surface area contributed by atoms with Crippen LogP contribution in [0.15, 0.2) is 28.7 Å². The van der Waals surface area contributed by atoms with Crippen molar-refractivity contribution in [3.05, 3.63) is 28.7 Å². The van der Waals surface area contributed by atoms with Crippen LogP contribution in [0.1, 0.15) is 38.5 Å². The van der Waals surface area contributed by atoms with Crippen molar-refractivity contribution < 1.29 is 9.53 Å². The highest BCUT2D eigenvalue weighted by atomic mass is 79.9. The van der Waals surface area contributed by atoms with E-state index < -0.39 is 0 Å². The molecule has 6 heteroatoms. The Morgan fingerprint density at radius 1 is 1.27 bits per heavy atom. The maximum absolute atomic E-state index is 11.9. The van der Waals surface area contributed by atoms with Crippen molar-refractivity contribution >= 4 is 34.2 Å². The lowest BCUT2D eigenvalue weighted by Crippen LogP contribution is -2.40. The summed E-state index contributed by atoms with van der Waals surface area (Å²) in [7, 11) is 0. The van der Waals surface area contributed by atoms with Crippen molar-refractivity contribution in [1.29, 1.82) is 0 Å². The second kappa shape index (κ2) is 10.1. The normalized spacial score (nSPS) is 20.8. The third kappa shape index (κ3) is 6.55. The number of para-hydroxylation sites is 1. The van der Waals surface area contributed by atoms with E-state index in [1.54, 1.807) is 0 Å². The molecule has 0 heterocycles. The minimum Gasteiger partial charge on any atom is -0.492 e. The summed E-state index contributed by atoms with van der Waals surface area (Å²) in [6.07, 6.45) is 5.25. The van der Waals surface area contributed by atoms with Gasteiger partial charge in [-0.25, -0.2) is 0 Å². The van der Waals surface area contributed by atoms with Gasteiger partial charge in [0.2, 0.25) is 5.91 Å². The molecule has 0 radical (unpaired) electrons. The Morgan fingerprint density at radius 2 is 1.95 bits per heavy atom. The average molecular weight is 392 g/mol. The number of amides is 1. The Labute approximate surface area is 146 Å². The Hall–Kier alpha value is -0.780. The lowest BCUT2D eigenvalue weighted by Gasteiger charge is -2.26. The number of halogens is 2. The van der Waals surface area contributed by atoms with Crippen LogP contribution in [0.4, 0.5) is 0 Å².